The van der Waals surface area contributed by atoms with E-state index in [1.165, 1.54) is 13.2 Å². The molecule has 0 atom stereocenters. The molecule has 0 saturated heterocycles. The molecule has 2 rings (SSSR count). The van der Waals surface area contributed by atoms with Crippen LogP contribution in [0.15, 0.2) is 12.1 Å². The molecule has 1 heterocycles. The molecule has 0 fully saturated rings. The van der Waals surface area contributed by atoms with Crippen molar-refractivity contribution in [3.8, 4) is 5.75 Å². The number of methoxy groups -OCH3 is 1. The van der Waals surface area contributed by atoms with Crippen LogP contribution in [-0.4, -0.2) is 17.1 Å². The van der Waals surface area contributed by atoms with Gasteiger partial charge in [-0.2, -0.15) is 0 Å². The molecule has 1 aromatic heterocycles. The van der Waals surface area contributed by atoms with E-state index in [4.69, 9.17) is 27.9 Å². The summed E-state index contributed by atoms with van der Waals surface area (Å²) in [4.78, 5) is 7.47. The molecule has 0 aliphatic rings. The topological polar surface area (TPSA) is 35.0 Å². The number of hydrogen-bond acceptors (Lipinski definition) is 3. The largest absolute Gasteiger partial charge is 0.494 e. The SMILES string of the molecule is COc1ccc2c(Cl)nc(Cl)nc2c1F. The smallest absolute Gasteiger partial charge is 0.224 e. The third kappa shape index (κ3) is 1.70. The molecule has 0 aliphatic carbocycles. The van der Waals surface area contributed by atoms with Gasteiger partial charge in [-0.3, -0.25) is 0 Å². The third-order valence-corrected chi connectivity index (χ3v) is 2.37. The van der Waals surface area contributed by atoms with Crippen molar-refractivity contribution < 1.29 is 9.13 Å². The molecule has 0 saturated carbocycles. The molecule has 0 N–H and O–H groups in total. The maximum absolute atomic E-state index is 13.7. The van der Waals surface area contributed by atoms with Crippen LogP contribution in [-0.2, 0) is 0 Å². The van der Waals surface area contributed by atoms with Gasteiger partial charge in [-0.05, 0) is 23.7 Å². The fourth-order valence-corrected chi connectivity index (χ4v) is 1.68. The van der Waals surface area contributed by atoms with Gasteiger partial charge in [0.25, 0.3) is 0 Å². The molecule has 1 aromatic carbocycles. The number of nitrogens with zero attached hydrogens (tertiary/aromatic N) is 2. The van der Waals surface area contributed by atoms with E-state index >= 15 is 0 Å². The van der Waals surface area contributed by atoms with Crippen LogP contribution in [0.1, 0.15) is 0 Å². The minimum atomic E-state index is -0.596. The highest BCUT2D eigenvalue weighted by Gasteiger charge is 2.13. The van der Waals surface area contributed by atoms with Gasteiger partial charge in [-0.1, -0.05) is 11.6 Å². The molecule has 0 spiro atoms. The Morgan fingerprint density at radius 3 is 2.67 bits per heavy atom. The highest BCUT2D eigenvalue weighted by atomic mass is 35.5. The minimum absolute atomic E-state index is 0.0550. The van der Waals surface area contributed by atoms with Crippen molar-refractivity contribution in [2.24, 2.45) is 0 Å². The number of rotatable bonds is 1. The first-order valence-corrected chi connectivity index (χ1v) is 4.74. The molecule has 3 nitrogen and oxygen atoms in total. The number of ether oxygens (including phenoxy) is 1. The molecule has 2 aromatic rings. The van der Waals surface area contributed by atoms with E-state index in [0.717, 1.165) is 0 Å². The quantitative estimate of drug-likeness (QED) is 0.573. The van der Waals surface area contributed by atoms with Gasteiger partial charge in [0.1, 0.15) is 10.7 Å². The average Bonchev–Trinajstić information content (AvgIpc) is 2.19. The van der Waals surface area contributed by atoms with Crippen molar-refractivity contribution in [1.29, 1.82) is 0 Å². The van der Waals surface area contributed by atoms with Crippen LogP contribution in [0.25, 0.3) is 10.9 Å². The predicted molar refractivity (Wildman–Crippen MR) is 56.1 cm³/mol. The van der Waals surface area contributed by atoms with Crippen molar-refractivity contribution in [2.75, 3.05) is 7.11 Å². The van der Waals surface area contributed by atoms with Gasteiger partial charge < -0.3 is 4.74 Å². The molecule has 0 amide bonds. The summed E-state index contributed by atoms with van der Waals surface area (Å²) in [5.74, 6) is -0.505. The summed E-state index contributed by atoms with van der Waals surface area (Å²) in [5, 5.41) is 0.422. The van der Waals surface area contributed by atoms with Gasteiger partial charge in [0.15, 0.2) is 11.6 Å². The zero-order valence-corrected chi connectivity index (χ0v) is 9.10. The van der Waals surface area contributed by atoms with Crippen molar-refractivity contribution in [2.45, 2.75) is 0 Å². The Morgan fingerprint density at radius 2 is 2.00 bits per heavy atom. The van der Waals surface area contributed by atoms with Gasteiger partial charge >= 0.3 is 0 Å². The Morgan fingerprint density at radius 1 is 1.27 bits per heavy atom. The van der Waals surface area contributed by atoms with E-state index in [2.05, 4.69) is 9.97 Å². The summed E-state index contributed by atoms with van der Waals surface area (Å²) in [5.41, 5.74) is 0.0550. The number of aromatic nitrogens is 2. The lowest BCUT2D eigenvalue weighted by Gasteiger charge is -2.05. The lowest BCUT2D eigenvalue weighted by molar-refractivity contribution is 0.388. The first-order valence-electron chi connectivity index (χ1n) is 3.98. The first-order chi connectivity index (χ1) is 7.13. The third-order valence-electron chi connectivity index (χ3n) is 1.92. The van der Waals surface area contributed by atoms with Crippen LogP contribution in [0.2, 0.25) is 10.4 Å². The summed E-state index contributed by atoms with van der Waals surface area (Å²) in [7, 11) is 1.37. The van der Waals surface area contributed by atoms with Crippen molar-refractivity contribution in [3.63, 3.8) is 0 Å². The van der Waals surface area contributed by atoms with Crippen LogP contribution in [0.4, 0.5) is 4.39 Å². The Bertz CT molecular complexity index is 533. The molecule has 0 aliphatic heterocycles. The second-order valence-electron chi connectivity index (χ2n) is 2.76. The second-order valence-corrected chi connectivity index (χ2v) is 3.46. The molecule has 6 heteroatoms. The summed E-state index contributed by atoms with van der Waals surface area (Å²) in [6, 6.07) is 3.04. The lowest BCUT2D eigenvalue weighted by Crippen LogP contribution is -1.94. The van der Waals surface area contributed by atoms with E-state index in [9.17, 15) is 4.39 Å². The van der Waals surface area contributed by atoms with Crippen LogP contribution in [0, 0.1) is 5.82 Å². The molecule has 15 heavy (non-hydrogen) atoms. The minimum Gasteiger partial charge on any atom is -0.494 e. The zero-order chi connectivity index (χ0) is 11.0. The molecular formula is C9H5Cl2FN2O. The predicted octanol–water partition coefficient (Wildman–Crippen LogP) is 3.08. The Kier molecular flexibility index (Phi) is 2.63. The average molecular weight is 247 g/mol. The van der Waals surface area contributed by atoms with Crippen molar-refractivity contribution >= 4 is 34.1 Å². The molecule has 0 bridgehead atoms. The summed E-state index contributed by atoms with van der Waals surface area (Å²) in [6.07, 6.45) is 0. The van der Waals surface area contributed by atoms with Crippen LogP contribution < -0.4 is 4.74 Å². The molecule has 0 radical (unpaired) electrons. The second kappa shape index (κ2) is 3.79. The number of hydrogen-bond donors (Lipinski definition) is 0. The van der Waals surface area contributed by atoms with E-state index in [-0.39, 0.29) is 21.7 Å². The summed E-state index contributed by atoms with van der Waals surface area (Å²) in [6.45, 7) is 0. The first kappa shape index (κ1) is 10.4. The van der Waals surface area contributed by atoms with Crippen molar-refractivity contribution in [3.05, 3.63) is 28.4 Å². The van der Waals surface area contributed by atoms with Gasteiger partial charge in [0.05, 0.1) is 7.11 Å². The van der Waals surface area contributed by atoms with E-state index in [1.54, 1.807) is 6.07 Å². The highest BCUT2D eigenvalue weighted by Crippen LogP contribution is 2.29. The maximum Gasteiger partial charge on any atom is 0.224 e. The van der Waals surface area contributed by atoms with Crippen LogP contribution in [0.3, 0.4) is 0 Å². The number of benzene rings is 1. The Labute approximate surface area is 94.8 Å². The fourth-order valence-electron chi connectivity index (χ4n) is 1.24. The molecule has 0 unspecified atom stereocenters. The lowest BCUT2D eigenvalue weighted by atomic mass is 10.2. The zero-order valence-electron chi connectivity index (χ0n) is 7.59. The molecular weight excluding hydrogens is 242 g/mol. The Balaban J connectivity index is 2.86. The standard InChI is InChI=1S/C9H5Cl2FN2O/c1-15-5-3-2-4-7(6(5)12)13-9(11)14-8(4)10/h2-3H,1H3. The maximum atomic E-state index is 13.7. The van der Waals surface area contributed by atoms with Gasteiger partial charge in [-0.25, -0.2) is 14.4 Å². The number of halogens is 3. The van der Waals surface area contributed by atoms with Gasteiger partial charge in [0.2, 0.25) is 5.28 Å². The van der Waals surface area contributed by atoms with E-state index < -0.39 is 5.82 Å². The van der Waals surface area contributed by atoms with Gasteiger partial charge in [0, 0.05) is 5.39 Å². The van der Waals surface area contributed by atoms with Crippen LogP contribution in [0.5, 0.6) is 5.75 Å². The molecule has 78 valence electrons. The monoisotopic (exact) mass is 246 g/mol. The van der Waals surface area contributed by atoms with Crippen LogP contribution >= 0.6 is 23.2 Å². The fraction of sp³-hybridized carbons (Fsp3) is 0.111. The Hall–Kier alpha value is -1.13. The highest BCUT2D eigenvalue weighted by molar-refractivity contribution is 6.35. The van der Waals surface area contributed by atoms with E-state index in [1.807, 2.05) is 0 Å². The number of fused-ring (bicyclic) bond motifs is 1. The van der Waals surface area contributed by atoms with E-state index in [0.29, 0.717) is 5.39 Å². The van der Waals surface area contributed by atoms with Gasteiger partial charge in [-0.15, -0.1) is 0 Å². The summed E-state index contributed by atoms with van der Waals surface area (Å²) >= 11 is 11.4. The summed E-state index contributed by atoms with van der Waals surface area (Å²) < 4.78 is 18.5. The normalized spacial score (nSPS) is 10.7. The van der Waals surface area contributed by atoms with Crippen molar-refractivity contribution in [1.82, 2.24) is 9.97 Å².